The van der Waals surface area contributed by atoms with Crippen molar-refractivity contribution in [2.45, 2.75) is 64.7 Å². The van der Waals surface area contributed by atoms with Crippen molar-refractivity contribution in [3.8, 4) is 0 Å². The molecule has 0 saturated heterocycles. The van der Waals surface area contributed by atoms with E-state index in [9.17, 15) is 9.59 Å². The van der Waals surface area contributed by atoms with E-state index in [1.165, 1.54) is 25.7 Å². The molecule has 4 heteroatoms. The van der Waals surface area contributed by atoms with Crippen LogP contribution in [0.3, 0.4) is 0 Å². The highest BCUT2D eigenvalue weighted by molar-refractivity contribution is 5.77. The second-order valence-corrected chi connectivity index (χ2v) is 5.94. The van der Waals surface area contributed by atoms with Crippen LogP contribution in [0, 0.1) is 0 Å². The average molecular weight is 334 g/mol. The Hall–Kier alpha value is -1.84. The molecule has 0 unspecified atom stereocenters. The van der Waals surface area contributed by atoms with E-state index in [1.54, 1.807) is 0 Å². The zero-order valence-electron chi connectivity index (χ0n) is 14.8. The van der Waals surface area contributed by atoms with Crippen LogP contribution in [0.1, 0.15) is 63.9 Å². The normalized spacial score (nSPS) is 10.4. The van der Waals surface area contributed by atoms with Crippen LogP contribution >= 0.6 is 0 Å². The molecule has 0 spiro atoms. The van der Waals surface area contributed by atoms with Crippen molar-refractivity contribution in [3.05, 3.63) is 35.9 Å². The highest BCUT2D eigenvalue weighted by atomic mass is 16.5. The van der Waals surface area contributed by atoms with Crippen LogP contribution in [0.5, 0.6) is 0 Å². The molecule has 0 atom stereocenters. The zero-order chi connectivity index (χ0) is 17.5. The second-order valence-electron chi connectivity index (χ2n) is 5.94. The number of esters is 2. The zero-order valence-corrected chi connectivity index (χ0v) is 14.8. The Morgan fingerprint density at radius 1 is 0.792 bits per heavy atom. The lowest BCUT2D eigenvalue weighted by Crippen LogP contribution is -2.12. The lowest BCUT2D eigenvalue weighted by molar-refractivity contribution is -0.150. The number of carbonyl (C=O) groups is 2. The molecule has 134 valence electrons. The predicted molar refractivity (Wildman–Crippen MR) is 94.7 cm³/mol. The summed E-state index contributed by atoms with van der Waals surface area (Å²) in [6.07, 6.45) is 7.81. The topological polar surface area (TPSA) is 52.6 Å². The van der Waals surface area contributed by atoms with Crippen LogP contribution in [0.4, 0.5) is 0 Å². The van der Waals surface area contributed by atoms with E-state index >= 15 is 0 Å². The molecule has 0 radical (unpaired) electrons. The van der Waals surface area contributed by atoms with Crippen LogP contribution in [0.25, 0.3) is 0 Å². The third-order valence-corrected chi connectivity index (χ3v) is 3.79. The molecule has 24 heavy (non-hydrogen) atoms. The SMILES string of the molecule is CCCCCCCCOC(=O)CCC(=O)OCCc1ccccc1. The van der Waals surface area contributed by atoms with Crippen LogP contribution in [-0.2, 0) is 25.5 Å². The fourth-order valence-corrected chi connectivity index (χ4v) is 2.34. The number of rotatable bonds is 13. The Morgan fingerprint density at radius 2 is 1.38 bits per heavy atom. The van der Waals surface area contributed by atoms with Gasteiger partial charge >= 0.3 is 11.9 Å². The van der Waals surface area contributed by atoms with Gasteiger partial charge in [0.2, 0.25) is 0 Å². The predicted octanol–water partition coefficient (Wildman–Crippen LogP) is 4.46. The van der Waals surface area contributed by atoms with Gasteiger partial charge in [0, 0.05) is 6.42 Å². The third kappa shape index (κ3) is 10.8. The molecule has 1 rings (SSSR count). The molecular formula is C20H30O4. The number of ether oxygens (including phenoxy) is 2. The maximum absolute atomic E-state index is 11.6. The lowest BCUT2D eigenvalue weighted by Gasteiger charge is -2.06. The highest BCUT2D eigenvalue weighted by Crippen LogP contribution is 2.06. The Bertz CT molecular complexity index is 456. The molecule has 1 aromatic carbocycles. The van der Waals surface area contributed by atoms with E-state index in [1.807, 2.05) is 30.3 Å². The molecule has 0 aliphatic rings. The van der Waals surface area contributed by atoms with E-state index in [0.717, 1.165) is 18.4 Å². The molecule has 0 fully saturated rings. The standard InChI is InChI=1S/C20H30O4/c1-2-3-4-5-6-10-16-23-19(21)13-14-20(22)24-17-15-18-11-8-7-9-12-18/h7-9,11-12H,2-6,10,13-17H2,1H3. The van der Waals surface area contributed by atoms with Gasteiger partial charge in [-0.05, 0) is 12.0 Å². The van der Waals surface area contributed by atoms with E-state index in [4.69, 9.17) is 9.47 Å². The minimum atomic E-state index is -0.345. The molecule has 0 heterocycles. The summed E-state index contributed by atoms with van der Waals surface area (Å²) in [5.74, 6) is -0.661. The average Bonchev–Trinajstić information content (AvgIpc) is 2.60. The first-order valence-corrected chi connectivity index (χ1v) is 9.07. The molecule has 0 N–H and O–H groups in total. The van der Waals surface area contributed by atoms with Crippen molar-refractivity contribution in [1.29, 1.82) is 0 Å². The smallest absolute Gasteiger partial charge is 0.306 e. The van der Waals surface area contributed by atoms with Crippen LogP contribution in [-0.4, -0.2) is 25.2 Å². The first-order chi connectivity index (χ1) is 11.7. The summed E-state index contributed by atoms with van der Waals surface area (Å²) in [5, 5.41) is 0. The number of carbonyl (C=O) groups excluding carboxylic acids is 2. The van der Waals surface area contributed by atoms with Crippen molar-refractivity contribution in [3.63, 3.8) is 0 Å². The van der Waals surface area contributed by atoms with Crippen LogP contribution in [0.15, 0.2) is 30.3 Å². The number of unbranched alkanes of at least 4 members (excludes halogenated alkanes) is 5. The van der Waals surface area contributed by atoms with E-state index in [0.29, 0.717) is 19.6 Å². The van der Waals surface area contributed by atoms with Crippen LogP contribution < -0.4 is 0 Å². The number of hydrogen-bond acceptors (Lipinski definition) is 4. The van der Waals surface area contributed by atoms with Gasteiger partial charge in [-0.1, -0.05) is 69.4 Å². The first-order valence-electron chi connectivity index (χ1n) is 9.07. The van der Waals surface area contributed by atoms with Gasteiger partial charge in [0.15, 0.2) is 0 Å². The first kappa shape index (κ1) is 20.2. The second kappa shape index (κ2) is 13.6. The lowest BCUT2D eigenvalue weighted by atomic mass is 10.1. The monoisotopic (exact) mass is 334 g/mol. The Labute approximate surface area is 145 Å². The summed E-state index contributed by atoms with van der Waals surface area (Å²) in [6.45, 7) is 2.98. The Kier molecular flexibility index (Phi) is 11.4. The van der Waals surface area contributed by atoms with E-state index in [-0.39, 0.29) is 24.8 Å². The molecule has 1 aromatic rings. The maximum atomic E-state index is 11.6. The van der Waals surface area contributed by atoms with E-state index in [2.05, 4.69) is 6.92 Å². The largest absolute Gasteiger partial charge is 0.466 e. The van der Waals surface area contributed by atoms with Crippen LogP contribution in [0.2, 0.25) is 0 Å². The van der Waals surface area contributed by atoms with Crippen molar-refractivity contribution >= 4 is 11.9 Å². The van der Waals surface area contributed by atoms with Gasteiger partial charge in [-0.25, -0.2) is 0 Å². The third-order valence-electron chi connectivity index (χ3n) is 3.79. The summed E-state index contributed by atoms with van der Waals surface area (Å²) in [5.41, 5.74) is 1.13. The quantitative estimate of drug-likeness (QED) is 0.395. The fourth-order valence-electron chi connectivity index (χ4n) is 2.34. The van der Waals surface area contributed by atoms with Gasteiger partial charge in [-0.2, -0.15) is 0 Å². The molecule has 0 saturated carbocycles. The molecule has 0 amide bonds. The molecule has 4 nitrogen and oxygen atoms in total. The van der Waals surface area contributed by atoms with Crippen molar-refractivity contribution in [2.24, 2.45) is 0 Å². The minimum Gasteiger partial charge on any atom is -0.466 e. The highest BCUT2D eigenvalue weighted by Gasteiger charge is 2.09. The summed E-state index contributed by atoms with van der Waals surface area (Å²) < 4.78 is 10.3. The molecule has 0 aliphatic carbocycles. The van der Waals surface area contributed by atoms with Crippen molar-refractivity contribution in [1.82, 2.24) is 0 Å². The molecule has 0 bridgehead atoms. The van der Waals surface area contributed by atoms with Gasteiger partial charge in [-0.15, -0.1) is 0 Å². The summed E-state index contributed by atoms with van der Waals surface area (Å²) in [6, 6.07) is 9.85. The van der Waals surface area contributed by atoms with Gasteiger partial charge in [-0.3, -0.25) is 9.59 Å². The Morgan fingerprint density at radius 3 is 2.04 bits per heavy atom. The number of benzene rings is 1. The number of hydrogen-bond donors (Lipinski definition) is 0. The van der Waals surface area contributed by atoms with Gasteiger partial charge in [0.1, 0.15) is 0 Å². The molecule has 0 aromatic heterocycles. The maximum Gasteiger partial charge on any atom is 0.306 e. The summed E-state index contributed by atoms with van der Waals surface area (Å²) >= 11 is 0. The van der Waals surface area contributed by atoms with Gasteiger partial charge in [0.25, 0.3) is 0 Å². The van der Waals surface area contributed by atoms with Gasteiger partial charge < -0.3 is 9.47 Å². The van der Waals surface area contributed by atoms with Crippen molar-refractivity contribution < 1.29 is 19.1 Å². The fraction of sp³-hybridized carbons (Fsp3) is 0.600. The van der Waals surface area contributed by atoms with E-state index < -0.39 is 0 Å². The Balaban J connectivity index is 1.96. The summed E-state index contributed by atoms with van der Waals surface area (Å²) in [4.78, 5) is 23.1. The summed E-state index contributed by atoms with van der Waals surface area (Å²) in [7, 11) is 0. The molecular weight excluding hydrogens is 304 g/mol. The molecule has 0 aliphatic heterocycles. The van der Waals surface area contributed by atoms with Gasteiger partial charge in [0.05, 0.1) is 26.1 Å². The van der Waals surface area contributed by atoms with Crippen molar-refractivity contribution in [2.75, 3.05) is 13.2 Å². The minimum absolute atomic E-state index is 0.0874.